The maximum absolute atomic E-state index is 13.0. The van der Waals surface area contributed by atoms with Crippen molar-refractivity contribution in [2.24, 2.45) is 0 Å². The number of nitrogens with one attached hydrogen (secondary N) is 1. The molecule has 0 atom stereocenters. The van der Waals surface area contributed by atoms with Crippen LogP contribution in [0, 0.1) is 5.82 Å². The number of halogens is 1. The molecule has 24 heavy (non-hydrogen) atoms. The van der Waals surface area contributed by atoms with E-state index < -0.39 is 16.9 Å². The number of hydrogen-bond acceptors (Lipinski definition) is 3. The number of rotatable bonds is 2. The molecule has 2 aromatic carbocycles. The standard InChI is InChI=1S/C18H13FN2O3/c19-14-8-6-13(7-9-14)11-16-18(23)21(24)17(22)15(20-16)10-12-4-2-1-3-5-12/h1-11,20,24H/b15-10+,16-11-. The first-order valence-corrected chi connectivity index (χ1v) is 7.13. The second-order valence-electron chi connectivity index (χ2n) is 5.13. The summed E-state index contributed by atoms with van der Waals surface area (Å²) in [6.45, 7) is 0. The molecule has 120 valence electrons. The van der Waals surface area contributed by atoms with Crippen LogP contribution < -0.4 is 21.8 Å². The first kappa shape index (κ1) is 15.5. The molecule has 0 radical (unpaired) electrons. The zero-order valence-corrected chi connectivity index (χ0v) is 12.4. The van der Waals surface area contributed by atoms with E-state index in [-0.39, 0.29) is 15.4 Å². The lowest BCUT2D eigenvalue weighted by Crippen LogP contribution is -2.52. The molecule has 1 aromatic heterocycles. The van der Waals surface area contributed by atoms with Crippen molar-refractivity contribution in [3.63, 3.8) is 0 Å². The van der Waals surface area contributed by atoms with Crippen LogP contribution >= 0.6 is 0 Å². The Labute approximate surface area is 135 Å². The van der Waals surface area contributed by atoms with Gasteiger partial charge in [0.05, 0.1) is 0 Å². The van der Waals surface area contributed by atoms with Gasteiger partial charge in [-0.25, -0.2) is 4.39 Å². The molecule has 0 spiro atoms. The minimum Gasteiger partial charge on any atom is -0.422 e. The maximum Gasteiger partial charge on any atom is 0.310 e. The maximum atomic E-state index is 13.0. The summed E-state index contributed by atoms with van der Waals surface area (Å²) in [5.74, 6) is -0.399. The van der Waals surface area contributed by atoms with Crippen LogP contribution in [0.3, 0.4) is 0 Å². The van der Waals surface area contributed by atoms with E-state index in [1.165, 1.54) is 36.4 Å². The van der Waals surface area contributed by atoms with E-state index in [2.05, 4.69) is 4.98 Å². The van der Waals surface area contributed by atoms with Crippen molar-refractivity contribution < 1.29 is 9.60 Å². The lowest BCUT2D eigenvalue weighted by molar-refractivity contribution is 0.161. The average molecular weight is 324 g/mol. The summed E-state index contributed by atoms with van der Waals surface area (Å²) in [5.41, 5.74) is -0.444. The van der Waals surface area contributed by atoms with Crippen molar-refractivity contribution in [2.75, 3.05) is 0 Å². The van der Waals surface area contributed by atoms with Crippen molar-refractivity contribution in [1.82, 2.24) is 9.71 Å². The molecule has 0 aliphatic rings. The summed E-state index contributed by atoms with van der Waals surface area (Å²) < 4.78 is 13.0. The van der Waals surface area contributed by atoms with Gasteiger partial charge in [-0.2, -0.15) is 0 Å². The fraction of sp³-hybridized carbons (Fsp3) is 0. The summed E-state index contributed by atoms with van der Waals surface area (Å²) in [7, 11) is 0. The highest BCUT2D eigenvalue weighted by Gasteiger charge is 2.03. The van der Waals surface area contributed by atoms with Gasteiger partial charge in [0.2, 0.25) is 0 Å². The van der Waals surface area contributed by atoms with E-state index in [9.17, 15) is 19.2 Å². The SMILES string of the molecule is O=c1/c(=C/c2ccc(F)cc2)[nH]/c(=C/c2ccccc2)c(=O)n1O. The Morgan fingerprint density at radius 1 is 0.833 bits per heavy atom. The number of benzene rings is 2. The molecule has 0 aliphatic heterocycles. The van der Waals surface area contributed by atoms with Gasteiger partial charge < -0.3 is 10.2 Å². The molecule has 1 heterocycles. The van der Waals surface area contributed by atoms with E-state index in [0.29, 0.717) is 5.56 Å². The van der Waals surface area contributed by atoms with Crippen LogP contribution in [0.4, 0.5) is 4.39 Å². The summed E-state index contributed by atoms with van der Waals surface area (Å²) in [4.78, 5) is 26.8. The number of aromatic nitrogens is 2. The van der Waals surface area contributed by atoms with Gasteiger partial charge in [-0.1, -0.05) is 42.5 Å². The van der Waals surface area contributed by atoms with Gasteiger partial charge in [0, 0.05) is 0 Å². The zero-order chi connectivity index (χ0) is 17.1. The van der Waals surface area contributed by atoms with E-state index in [4.69, 9.17) is 0 Å². The minimum absolute atomic E-state index is 0.00545. The van der Waals surface area contributed by atoms with E-state index in [0.717, 1.165) is 5.56 Å². The molecule has 3 aromatic rings. The zero-order valence-electron chi connectivity index (χ0n) is 12.4. The monoisotopic (exact) mass is 324 g/mol. The first-order chi connectivity index (χ1) is 11.5. The Morgan fingerprint density at radius 3 is 1.88 bits per heavy atom. The summed E-state index contributed by atoms with van der Waals surface area (Å²) in [5, 5.41) is 9.80. The van der Waals surface area contributed by atoms with Gasteiger partial charge in [-0.05, 0) is 35.4 Å². The van der Waals surface area contributed by atoms with Crippen LogP contribution in [0.5, 0.6) is 0 Å². The second kappa shape index (κ2) is 6.37. The largest absolute Gasteiger partial charge is 0.422 e. The van der Waals surface area contributed by atoms with E-state index in [1.54, 1.807) is 24.3 Å². The molecule has 3 rings (SSSR count). The number of hydrogen-bond donors (Lipinski definition) is 2. The highest BCUT2D eigenvalue weighted by molar-refractivity contribution is 5.49. The van der Waals surface area contributed by atoms with Gasteiger partial charge >= 0.3 is 11.1 Å². The van der Waals surface area contributed by atoms with Gasteiger partial charge in [0.25, 0.3) is 0 Å². The Hall–Kier alpha value is -3.41. The molecule has 0 unspecified atom stereocenters. The smallest absolute Gasteiger partial charge is 0.310 e. The molecule has 2 N–H and O–H groups in total. The molecule has 0 amide bonds. The summed E-state index contributed by atoms with van der Waals surface area (Å²) in [6, 6.07) is 14.5. The topological polar surface area (TPSA) is 75.1 Å². The molecular formula is C18H13FN2O3. The number of H-pyrrole nitrogens is 1. The third-order valence-electron chi connectivity index (χ3n) is 3.41. The van der Waals surface area contributed by atoms with Crippen molar-refractivity contribution >= 4 is 12.2 Å². The van der Waals surface area contributed by atoms with Crippen molar-refractivity contribution in [3.8, 4) is 0 Å². The predicted molar refractivity (Wildman–Crippen MR) is 87.7 cm³/mol. The van der Waals surface area contributed by atoms with Crippen molar-refractivity contribution in [3.05, 3.63) is 103 Å². The van der Waals surface area contributed by atoms with Crippen LogP contribution in [-0.2, 0) is 0 Å². The van der Waals surface area contributed by atoms with Crippen molar-refractivity contribution in [1.29, 1.82) is 0 Å². The first-order valence-electron chi connectivity index (χ1n) is 7.13. The van der Waals surface area contributed by atoms with Crippen LogP contribution in [0.1, 0.15) is 11.1 Å². The van der Waals surface area contributed by atoms with Crippen LogP contribution in [-0.4, -0.2) is 14.9 Å². The minimum atomic E-state index is -0.880. The number of aromatic amines is 1. The molecular weight excluding hydrogens is 311 g/mol. The van der Waals surface area contributed by atoms with Crippen LogP contribution in [0.2, 0.25) is 0 Å². The normalized spacial score (nSPS) is 12.5. The van der Waals surface area contributed by atoms with E-state index >= 15 is 0 Å². The number of nitrogens with zero attached hydrogens (tertiary/aromatic N) is 1. The summed E-state index contributed by atoms with van der Waals surface area (Å²) in [6.07, 6.45) is 2.95. The fourth-order valence-electron chi connectivity index (χ4n) is 2.21. The lowest BCUT2D eigenvalue weighted by Gasteiger charge is -1.98. The predicted octanol–water partition coefficient (Wildman–Crippen LogP) is 0.571. The van der Waals surface area contributed by atoms with Gasteiger partial charge in [0.1, 0.15) is 16.5 Å². The molecule has 5 nitrogen and oxygen atoms in total. The third-order valence-corrected chi connectivity index (χ3v) is 3.41. The Bertz CT molecular complexity index is 1100. The quantitative estimate of drug-likeness (QED) is 0.677. The Morgan fingerprint density at radius 2 is 1.33 bits per heavy atom. The Balaban J connectivity index is 2.25. The molecule has 0 fully saturated rings. The summed E-state index contributed by atoms with van der Waals surface area (Å²) >= 11 is 0. The molecule has 0 bridgehead atoms. The van der Waals surface area contributed by atoms with Gasteiger partial charge in [-0.15, -0.1) is 4.73 Å². The molecule has 0 saturated heterocycles. The van der Waals surface area contributed by atoms with Gasteiger partial charge in [0.15, 0.2) is 0 Å². The van der Waals surface area contributed by atoms with Gasteiger partial charge in [-0.3, -0.25) is 9.59 Å². The highest BCUT2D eigenvalue weighted by atomic mass is 19.1. The second-order valence-corrected chi connectivity index (χ2v) is 5.13. The third kappa shape index (κ3) is 3.17. The van der Waals surface area contributed by atoms with Crippen LogP contribution in [0.15, 0.2) is 64.2 Å². The molecule has 0 saturated carbocycles. The Kier molecular flexibility index (Phi) is 4.11. The van der Waals surface area contributed by atoms with E-state index in [1.807, 2.05) is 6.07 Å². The fourth-order valence-corrected chi connectivity index (χ4v) is 2.21. The van der Waals surface area contributed by atoms with Crippen molar-refractivity contribution in [2.45, 2.75) is 0 Å². The molecule has 0 aliphatic carbocycles. The average Bonchev–Trinajstić information content (AvgIpc) is 2.60. The highest BCUT2D eigenvalue weighted by Crippen LogP contribution is 2.02. The van der Waals surface area contributed by atoms with Crippen LogP contribution in [0.25, 0.3) is 12.2 Å². The lowest BCUT2D eigenvalue weighted by atomic mass is 10.2. The molecule has 6 heteroatoms.